The van der Waals surface area contributed by atoms with Crippen molar-refractivity contribution in [1.82, 2.24) is 10.2 Å². The predicted molar refractivity (Wildman–Crippen MR) is 77.5 cm³/mol. The van der Waals surface area contributed by atoms with E-state index in [0.29, 0.717) is 12.0 Å². The summed E-state index contributed by atoms with van der Waals surface area (Å²) in [4.78, 5) is 2.65. The van der Waals surface area contributed by atoms with Crippen molar-refractivity contribution in [2.24, 2.45) is 5.41 Å². The highest BCUT2D eigenvalue weighted by atomic mass is 16.5. The molecule has 1 atom stereocenters. The molecule has 2 saturated heterocycles. The van der Waals surface area contributed by atoms with Gasteiger partial charge in [0.25, 0.3) is 0 Å². The highest BCUT2D eigenvalue weighted by Gasteiger charge is 2.36. The molecule has 4 heteroatoms. The zero-order chi connectivity index (χ0) is 13.4. The number of nitrogens with zero attached hydrogens (tertiary/aromatic N) is 1. The minimum absolute atomic E-state index is 0.577. The summed E-state index contributed by atoms with van der Waals surface area (Å²) in [7, 11) is 1.72. The second-order valence-corrected chi connectivity index (χ2v) is 6.12. The summed E-state index contributed by atoms with van der Waals surface area (Å²) >= 11 is 0. The summed E-state index contributed by atoms with van der Waals surface area (Å²) in [5.74, 6) is 0. The molecule has 0 aromatic carbocycles. The highest BCUT2D eigenvalue weighted by Crippen LogP contribution is 2.35. The highest BCUT2D eigenvalue weighted by molar-refractivity contribution is 4.91. The molecule has 112 valence electrons. The van der Waals surface area contributed by atoms with E-state index >= 15 is 0 Å². The Bertz CT molecular complexity index is 237. The van der Waals surface area contributed by atoms with E-state index in [1.54, 1.807) is 7.11 Å². The first kappa shape index (κ1) is 15.2. The van der Waals surface area contributed by atoms with Gasteiger partial charge in [0, 0.05) is 33.4 Å². The quantitative estimate of drug-likeness (QED) is 0.711. The number of rotatable bonds is 7. The van der Waals surface area contributed by atoms with Crippen LogP contribution in [0.3, 0.4) is 0 Å². The van der Waals surface area contributed by atoms with Crippen molar-refractivity contribution in [3.8, 4) is 0 Å². The second kappa shape index (κ2) is 8.20. The Morgan fingerprint density at radius 3 is 2.84 bits per heavy atom. The van der Waals surface area contributed by atoms with Crippen LogP contribution in [0.1, 0.15) is 32.1 Å². The molecule has 0 saturated carbocycles. The van der Waals surface area contributed by atoms with Crippen LogP contribution in [0.25, 0.3) is 0 Å². The van der Waals surface area contributed by atoms with Crippen molar-refractivity contribution >= 4 is 0 Å². The summed E-state index contributed by atoms with van der Waals surface area (Å²) in [5.41, 5.74) is 0.577. The number of hydrogen-bond donors (Lipinski definition) is 1. The Morgan fingerprint density at radius 1 is 1.16 bits per heavy atom. The van der Waals surface area contributed by atoms with E-state index in [1.165, 1.54) is 58.4 Å². The molecule has 1 N–H and O–H groups in total. The molecule has 2 fully saturated rings. The summed E-state index contributed by atoms with van der Waals surface area (Å²) in [5, 5.41) is 3.59. The van der Waals surface area contributed by atoms with Gasteiger partial charge in [-0.3, -0.25) is 0 Å². The van der Waals surface area contributed by atoms with E-state index in [-0.39, 0.29) is 0 Å². The molecule has 0 aromatic heterocycles. The lowest BCUT2D eigenvalue weighted by Crippen LogP contribution is -2.51. The number of piperidine rings is 2. The van der Waals surface area contributed by atoms with Gasteiger partial charge in [0.1, 0.15) is 0 Å². The van der Waals surface area contributed by atoms with Gasteiger partial charge in [-0.25, -0.2) is 0 Å². The molecule has 1 unspecified atom stereocenters. The molecule has 0 aliphatic carbocycles. The van der Waals surface area contributed by atoms with E-state index in [2.05, 4.69) is 10.2 Å². The van der Waals surface area contributed by atoms with Gasteiger partial charge in [0.15, 0.2) is 0 Å². The molecule has 0 radical (unpaired) electrons. The summed E-state index contributed by atoms with van der Waals surface area (Å²) in [6, 6.07) is 0. The van der Waals surface area contributed by atoms with Crippen molar-refractivity contribution in [2.75, 3.05) is 59.7 Å². The van der Waals surface area contributed by atoms with Crippen LogP contribution in [0.5, 0.6) is 0 Å². The van der Waals surface area contributed by atoms with Crippen molar-refractivity contribution in [3.05, 3.63) is 0 Å². The Hall–Kier alpha value is -0.160. The van der Waals surface area contributed by atoms with E-state index < -0.39 is 0 Å². The molecular formula is C15H30N2O2. The third-order valence-corrected chi connectivity index (χ3v) is 4.50. The van der Waals surface area contributed by atoms with Gasteiger partial charge in [-0.15, -0.1) is 0 Å². The lowest BCUT2D eigenvalue weighted by molar-refractivity contribution is 0.0440. The van der Waals surface area contributed by atoms with Crippen molar-refractivity contribution < 1.29 is 9.47 Å². The second-order valence-electron chi connectivity index (χ2n) is 6.12. The van der Waals surface area contributed by atoms with Gasteiger partial charge in [-0.05, 0) is 50.6 Å². The zero-order valence-electron chi connectivity index (χ0n) is 12.5. The molecule has 0 aromatic rings. The third-order valence-electron chi connectivity index (χ3n) is 4.50. The van der Waals surface area contributed by atoms with Gasteiger partial charge >= 0.3 is 0 Å². The maximum absolute atomic E-state index is 5.54. The minimum Gasteiger partial charge on any atom is -0.382 e. The molecular weight excluding hydrogens is 240 g/mol. The average molecular weight is 270 g/mol. The molecule has 0 bridgehead atoms. The third kappa shape index (κ3) is 5.03. The van der Waals surface area contributed by atoms with Gasteiger partial charge < -0.3 is 19.7 Å². The average Bonchev–Trinajstić information content (AvgIpc) is 2.44. The smallest absolute Gasteiger partial charge is 0.0700 e. The lowest BCUT2D eigenvalue weighted by Gasteiger charge is -2.45. The monoisotopic (exact) mass is 270 g/mol. The predicted octanol–water partition coefficient (Wildman–Crippen LogP) is 1.51. The first-order chi connectivity index (χ1) is 9.35. The van der Waals surface area contributed by atoms with Crippen LogP contribution in [0.4, 0.5) is 0 Å². The summed E-state index contributed by atoms with van der Waals surface area (Å²) < 4.78 is 10.5. The SMILES string of the molecule is COCCOCCCN1CCCC2(CCCNC2)C1. The van der Waals surface area contributed by atoms with Crippen LogP contribution in [0, 0.1) is 5.41 Å². The number of nitrogens with one attached hydrogen (secondary N) is 1. The van der Waals surface area contributed by atoms with Crippen LogP contribution in [-0.4, -0.2) is 64.6 Å². The molecule has 2 aliphatic heterocycles. The van der Waals surface area contributed by atoms with Gasteiger partial charge in [0.05, 0.1) is 13.2 Å². The summed E-state index contributed by atoms with van der Waals surface area (Å²) in [6.07, 6.45) is 6.70. The first-order valence-corrected chi connectivity index (χ1v) is 7.84. The standard InChI is InChI=1S/C15H30N2O2/c1-18-11-12-19-10-4-9-17-8-3-6-15(14-17)5-2-7-16-13-15/h16H,2-14H2,1H3. The number of hydrogen-bond acceptors (Lipinski definition) is 4. The lowest BCUT2D eigenvalue weighted by atomic mass is 9.74. The Balaban J connectivity index is 1.61. The first-order valence-electron chi connectivity index (χ1n) is 7.84. The maximum atomic E-state index is 5.54. The Labute approximate surface area is 117 Å². The maximum Gasteiger partial charge on any atom is 0.0700 e. The molecule has 2 rings (SSSR count). The normalized spacial score (nSPS) is 28.9. The topological polar surface area (TPSA) is 33.7 Å². The number of likely N-dealkylation sites (tertiary alicyclic amines) is 1. The Kier molecular flexibility index (Phi) is 6.57. The number of methoxy groups -OCH3 is 1. The molecule has 2 heterocycles. The van der Waals surface area contributed by atoms with Crippen LogP contribution in [0.2, 0.25) is 0 Å². The van der Waals surface area contributed by atoms with Gasteiger partial charge in [-0.2, -0.15) is 0 Å². The van der Waals surface area contributed by atoms with Gasteiger partial charge in [-0.1, -0.05) is 0 Å². The molecule has 4 nitrogen and oxygen atoms in total. The van der Waals surface area contributed by atoms with E-state index in [1.807, 2.05) is 0 Å². The van der Waals surface area contributed by atoms with E-state index in [0.717, 1.165) is 19.6 Å². The Morgan fingerprint density at radius 2 is 2.05 bits per heavy atom. The molecule has 19 heavy (non-hydrogen) atoms. The zero-order valence-corrected chi connectivity index (χ0v) is 12.5. The molecule has 2 aliphatic rings. The van der Waals surface area contributed by atoms with Crippen LogP contribution in [0.15, 0.2) is 0 Å². The molecule has 1 spiro atoms. The van der Waals surface area contributed by atoms with Gasteiger partial charge in [0.2, 0.25) is 0 Å². The van der Waals surface area contributed by atoms with Crippen LogP contribution < -0.4 is 5.32 Å². The van der Waals surface area contributed by atoms with Crippen molar-refractivity contribution in [3.63, 3.8) is 0 Å². The van der Waals surface area contributed by atoms with Crippen molar-refractivity contribution in [1.29, 1.82) is 0 Å². The minimum atomic E-state index is 0.577. The van der Waals surface area contributed by atoms with Crippen LogP contribution >= 0.6 is 0 Å². The van der Waals surface area contributed by atoms with E-state index in [9.17, 15) is 0 Å². The largest absolute Gasteiger partial charge is 0.382 e. The summed E-state index contributed by atoms with van der Waals surface area (Å²) in [6.45, 7) is 8.50. The molecule has 0 amide bonds. The van der Waals surface area contributed by atoms with Crippen LogP contribution in [-0.2, 0) is 9.47 Å². The fourth-order valence-corrected chi connectivity index (χ4v) is 3.51. The fourth-order valence-electron chi connectivity index (χ4n) is 3.51. The fraction of sp³-hybridized carbons (Fsp3) is 1.00. The van der Waals surface area contributed by atoms with E-state index in [4.69, 9.17) is 9.47 Å². The van der Waals surface area contributed by atoms with Crippen molar-refractivity contribution in [2.45, 2.75) is 32.1 Å². The number of ether oxygens (including phenoxy) is 2.